The Morgan fingerprint density at radius 1 is 1.29 bits per heavy atom. The average Bonchev–Trinajstić information content (AvgIpc) is 2.90. The van der Waals surface area contributed by atoms with Crippen LogP contribution in [0.1, 0.15) is 31.4 Å². The Labute approximate surface area is 131 Å². The zero-order valence-electron chi connectivity index (χ0n) is 11.9. The molecule has 0 aliphatic heterocycles. The van der Waals surface area contributed by atoms with Crippen molar-refractivity contribution in [2.75, 3.05) is 13.2 Å². The number of hydrogen-bond acceptors (Lipinski definition) is 4. The molecule has 0 amide bonds. The number of hydrogen-bond donors (Lipinski definition) is 0. The summed E-state index contributed by atoms with van der Waals surface area (Å²) in [5.41, 5.74) is 1.54. The fraction of sp³-hybridized carbons (Fsp3) is 0.429. The lowest BCUT2D eigenvalue weighted by atomic mass is 10.2. The van der Waals surface area contributed by atoms with Gasteiger partial charge in [0, 0.05) is 17.7 Å². The summed E-state index contributed by atoms with van der Waals surface area (Å²) >= 11 is 3.34. The number of ether oxygens (including phenoxy) is 2. The minimum Gasteiger partial charge on any atom is -0.347 e. The highest BCUT2D eigenvalue weighted by Crippen LogP contribution is 2.20. The third kappa shape index (κ3) is 4.33. The first-order chi connectivity index (χ1) is 10.1. The topological polar surface area (TPSA) is 49.2 Å². The van der Waals surface area contributed by atoms with Crippen LogP contribution >= 0.6 is 15.9 Å². The van der Waals surface area contributed by atoms with Gasteiger partial charge in [-0.25, -0.2) is 9.07 Å². The molecule has 2 aromatic rings. The van der Waals surface area contributed by atoms with E-state index in [1.54, 1.807) is 16.9 Å². The van der Waals surface area contributed by atoms with E-state index in [9.17, 15) is 4.39 Å². The SMILES string of the molecule is CCOC(OCC)c1cn(Cc2ccc(F)cc2Br)nn1. The molecule has 114 valence electrons. The molecule has 0 spiro atoms. The number of benzene rings is 1. The Bertz CT molecular complexity index is 585. The molecule has 0 fully saturated rings. The van der Waals surface area contributed by atoms with Gasteiger partial charge in [-0.3, -0.25) is 0 Å². The summed E-state index contributed by atoms with van der Waals surface area (Å²) in [6.45, 7) is 5.33. The molecule has 21 heavy (non-hydrogen) atoms. The summed E-state index contributed by atoms with van der Waals surface area (Å²) in [6, 6.07) is 4.56. The van der Waals surface area contributed by atoms with E-state index in [1.807, 2.05) is 13.8 Å². The van der Waals surface area contributed by atoms with Crippen LogP contribution in [0.15, 0.2) is 28.9 Å². The maximum Gasteiger partial charge on any atom is 0.204 e. The van der Waals surface area contributed by atoms with Gasteiger partial charge in [-0.05, 0) is 31.5 Å². The van der Waals surface area contributed by atoms with Gasteiger partial charge in [0.1, 0.15) is 11.5 Å². The van der Waals surface area contributed by atoms with Gasteiger partial charge in [0.2, 0.25) is 6.29 Å². The summed E-state index contributed by atoms with van der Waals surface area (Å²) in [5.74, 6) is -0.280. The van der Waals surface area contributed by atoms with E-state index in [1.165, 1.54) is 12.1 Å². The van der Waals surface area contributed by atoms with Crippen LogP contribution in [0, 0.1) is 5.82 Å². The van der Waals surface area contributed by atoms with E-state index < -0.39 is 6.29 Å². The van der Waals surface area contributed by atoms with E-state index in [0.29, 0.717) is 29.9 Å². The Balaban J connectivity index is 2.11. The minimum absolute atomic E-state index is 0.280. The lowest BCUT2D eigenvalue weighted by Crippen LogP contribution is -2.09. The number of halogens is 2. The molecule has 0 unspecified atom stereocenters. The lowest BCUT2D eigenvalue weighted by Gasteiger charge is -2.13. The maximum atomic E-state index is 13.1. The van der Waals surface area contributed by atoms with Crippen LogP contribution in [0.5, 0.6) is 0 Å². The summed E-state index contributed by atoms with van der Waals surface area (Å²) in [4.78, 5) is 0. The second-order valence-electron chi connectivity index (χ2n) is 4.32. The third-order valence-corrected chi connectivity index (χ3v) is 3.52. The molecular formula is C14H17BrFN3O2. The van der Waals surface area contributed by atoms with Gasteiger partial charge in [-0.15, -0.1) is 5.10 Å². The summed E-state index contributed by atoms with van der Waals surface area (Å²) in [6.07, 6.45) is 1.26. The fourth-order valence-electron chi connectivity index (χ4n) is 1.84. The number of nitrogens with zero attached hydrogens (tertiary/aromatic N) is 3. The molecule has 0 N–H and O–H groups in total. The Hall–Kier alpha value is -1.31. The largest absolute Gasteiger partial charge is 0.347 e. The molecule has 1 aromatic carbocycles. The minimum atomic E-state index is -0.509. The van der Waals surface area contributed by atoms with E-state index in [-0.39, 0.29) is 5.82 Å². The van der Waals surface area contributed by atoms with Gasteiger partial charge < -0.3 is 9.47 Å². The van der Waals surface area contributed by atoms with Crippen LogP contribution < -0.4 is 0 Å². The fourth-order valence-corrected chi connectivity index (χ4v) is 2.32. The van der Waals surface area contributed by atoms with Crippen LogP contribution in [0.25, 0.3) is 0 Å². The van der Waals surface area contributed by atoms with Crippen LogP contribution in [0.4, 0.5) is 4.39 Å². The predicted molar refractivity (Wildman–Crippen MR) is 79.2 cm³/mol. The van der Waals surface area contributed by atoms with E-state index in [2.05, 4.69) is 26.2 Å². The van der Waals surface area contributed by atoms with Crippen molar-refractivity contribution in [3.63, 3.8) is 0 Å². The molecule has 0 saturated heterocycles. The van der Waals surface area contributed by atoms with Crippen molar-refractivity contribution in [3.05, 3.63) is 45.9 Å². The lowest BCUT2D eigenvalue weighted by molar-refractivity contribution is -0.142. The second kappa shape index (κ2) is 7.63. The molecule has 5 nitrogen and oxygen atoms in total. The molecule has 7 heteroatoms. The normalized spacial score (nSPS) is 11.3. The summed E-state index contributed by atoms with van der Waals surface area (Å²) in [5, 5.41) is 8.12. The standard InChI is InChI=1S/C14H17BrFN3O2/c1-3-20-14(21-4-2)13-9-19(18-17-13)8-10-5-6-11(16)7-12(10)15/h5-7,9,14H,3-4,8H2,1-2H3. The van der Waals surface area contributed by atoms with Crippen LogP contribution in [-0.4, -0.2) is 28.2 Å². The van der Waals surface area contributed by atoms with E-state index >= 15 is 0 Å². The van der Waals surface area contributed by atoms with Crippen molar-refractivity contribution in [1.29, 1.82) is 0 Å². The average molecular weight is 358 g/mol. The van der Waals surface area contributed by atoms with Gasteiger partial charge in [0.15, 0.2) is 0 Å². The molecule has 1 aromatic heterocycles. The maximum absolute atomic E-state index is 13.1. The first-order valence-corrected chi connectivity index (χ1v) is 7.50. The van der Waals surface area contributed by atoms with Crippen molar-refractivity contribution >= 4 is 15.9 Å². The van der Waals surface area contributed by atoms with Crippen molar-refractivity contribution in [3.8, 4) is 0 Å². The van der Waals surface area contributed by atoms with Gasteiger partial charge in [0.05, 0.1) is 12.7 Å². The van der Waals surface area contributed by atoms with Crippen LogP contribution in [0.2, 0.25) is 0 Å². The van der Waals surface area contributed by atoms with Crippen molar-refractivity contribution in [1.82, 2.24) is 15.0 Å². The zero-order chi connectivity index (χ0) is 15.2. The smallest absolute Gasteiger partial charge is 0.204 e. The zero-order valence-corrected chi connectivity index (χ0v) is 13.5. The Kier molecular flexibility index (Phi) is 5.84. The predicted octanol–water partition coefficient (Wildman–Crippen LogP) is 3.30. The monoisotopic (exact) mass is 357 g/mol. The molecule has 0 atom stereocenters. The molecule has 0 saturated carbocycles. The molecule has 2 rings (SSSR count). The third-order valence-electron chi connectivity index (χ3n) is 2.78. The Morgan fingerprint density at radius 3 is 2.62 bits per heavy atom. The highest BCUT2D eigenvalue weighted by atomic mass is 79.9. The van der Waals surface area contributed by atoms with Crippen LogP contribution in [0.3, 0.4) is 0 Å². The van der Waals surface area contributed by atoms with Gasteiger partial charge in [-0.2, -0.15) is 0 Å². The van der Waals surface area contributed by atoms with Gasteiger partial charge in [0.25, 0.3) is 0 Å². The van der Waals surface area contributed by atoms with Gasteiger partial charge in [-0.1, -0.05) is 27.2 Å². The van der Waals surface area contributed by atoms with Gasteiger partial charge >= 0.3 is 0 Å². The molecule has 0 radical (unpaired) electrons. The molecule has 0 bridgehead atoms. The van der Waals surface area contributed by atoms with E-state index in [4.69, 9.17) is 9.47 Å². The summed E-state index contributed by atoms with van der Waals surface area (Å²) in [7, 11) is 0. The first-order valence-electron chi connectivity index (χ1n) is 6.71. The van der Waals surface area contributed by atoms with Crippen molar-refractivity contribution in [2.24, 2.45) is 0 Å². The molecule has 0 aliphatic rings. The number of aromatic nitrogens is 3. The Morgan fingerprint density at radius 2 is 2.00 bits per heavy atom. The number of rotatable bonds is 7. The molecule has 0 aliphatic carbocycles. The van der Waals surface area contributed by atoms with E-state index in [0.717, 1.165) is 5.56 Å². The first kappa shape index (κ1) is 16.1. The summed E-state index contributed by atoms with van der Waals surface area (Å²) < 4.78 is 26.4. The molecule has 1 heterocycles. The second-order valence-corrected chi connectivity index (χ2v) is 5.17. The van der Waals surface area contributed by atoms with Crippen LogP contribution in [-0.2, 0) is 16.0 Å². The highest BCUT2D eigenvalue weighted by Gasteiger charge is 2.16. The quantitative estimate of drug-likeness (QED) is 0.713. The van der Waals surface area contributed by atoms with Crippen molar-refractivity contribution < 1.29 is 13.9 Å². The highest BCUT2D eigenvalue weighted by molar-refractivity contribution is 9.10. The van der Waals surface area contributed by atoms with Crippen molar-refractivity contribution in [2.45, 2.75) is 26.7 Å². The molecular weight excluding hydrogens is 341 g/mol.